The van der Waals surface area contributed by atoms with E-state index in [2.05, 4.69) is 0 Å². The predicted octanol–water partition coefficient (Wildman–Crippen LogP) is 3.39. The number of ether oxygens (including phenoxy) is 2. The first kappa shape index (κ1) is 20.1. The molecule has 1 heterocycles. The highest BCUT2D eigenvalue weighted by Crippen LogP contribution is 2.36. The van der Waals surface area contributed by atoms with Crippen LogP contribution in [0.15, 0.2) is 42.5 Å². The van der Waals surface area contributed by atoms with Crippen LogP contribution in [0.4, 0.5) is 0 Å². The van der Waals surface area contributed by atoms with Crippen LogP contribution in [0.3, 0.4) is 0 Å². The van der Waals surface area contributed by atoms with E-state index in [9.17, 15) is 15.3 Å². The van der Waals surface area contributed by atoms with E-state index in [-0.39, 0.29) is 12.7 Å². The van der Waals surface area contributed by atoms with Crippen LogP contribution in [0.5, 0.6) is 5.75 Å². The average Bonchev–Trinajstić information content (AvgIpc) is 2.68. The van der Waals surface area contributed by atoms with Gasteiger partial charge in [0, 0.05) is 23.4 Å². The lowest BCUT2D eigenvalue weighted by atomic mass is 9.93. The van der Waals surface area contributed by atoms with Gasteiger partial charge in [0.1, 0.15) is 11.9 Å². The van der Waals surface area contributed by atoms with Crippen LogP contribution in [0.2, 0.25) is 5.02 Å². The molecule has 0 radical (unpaired) electrons. The van der Waals surface area contributed by atoms with Crippen molar-refractivity contribution in [2.75, 3.05) is 13.2 Å². The molecule has 6 heteroatoms. The fourth-order valence-corrected chi connectivity index (χ4v) is 3.61. The molecule has 4 atom stereocenters. The minimum absolute atomic E-state index is 0.136. The highest BCUT2D eigenvalue weighted by Gasteiger charge is 2.29. The van der Waals surface area contributed by atoms with Gasteiger partial charge in [0.05, 0.1) is 31.5 Å². The van der Waals surface area contributed by atoms with Crippen molar-refractivity contribution < 1.29 is 24.8 Å². The first-order valence-corrected chi connectivity index (χ1v) is 9.54. The lowest BCUT2D eigenvalue weighted by Crippen LogP contribution is -2.33. The molecule has 1 fully saturated rings. The molecule has 2 aromatic carbocycles. The molecular formula is C21H25ClO5. The second-order valence-electron chi connectivity index (χ2n) is 6.74. The number of aliphatic hydroxyl groups excluding tert-OH is 3. The van der Waals surface area contributed by atoms with Gasteiger partial charge in [0.15, 0.2) is 0 Å². The van der Waals surface area contributed by atoms with Gasteiger partial charge in [-0.05, 0) is 42.3 Å². The van der Waals surface area contributed by atoms with E-state index in [4.69, 9.17) is 21.1 Å². The van der Waals surface area contributed by atoms with Crippen molar-refractivity contribution in [1.82, 2.24) is 0 Å². The number of aliphatic hydroxyl groups is 3. The van der Waals surface area contributed by atoms with Gasteiger partial charge in [-0.3, -0.25) is 0 Å². The average molecular weight is 393 g/mol. The maximum Gasteiger partial charge on any atom is 0.119 e. The molecule has 0 saturated carbocycles. The SMILES string of the molecule is CCOc1ccc(C(O)c2cc(C3CC(O)CC(CO)O3)ccc2Cl)cc1. The van der Waals surface area contributed by atoms with Crippen LogP contribution in [-0.2, 0) is 4.74 Å². The zero-order valence-corrected chi connectivity index (χ0v) is 16.0. The van der Waals surface area contributed by atoms with Crippen LogP contribution >= 0.6 is 11.6 Å². The standard InChI is InChI=1S/C21H25ClO5/c1-2-26-16-6-3-13(4-7-16)21(25)18-9-14(5-8-19(18)22)20-11-15(24)10-17(12-23)27-20/h3-9,15,17,20-21,23-25H,2,10-12H2,1H3. The molecule has 1 aliphatic heterocycles. The van der Waals surface area contributed by atoms with E-state index in [1.165, 1.54) is 0 Å². The minimum Gasteiger partial charge on any atom is -0.494 e. The summed E-state index contributed by atoms with van der Waals surface area (Å²) in [4.78, 5) is 0. The summed E-state index contributed by atoms with van der Waals surface area (Å²) in [5.74, 6) is 0.743. The van der Waals surface area contributed by atoms with Gasteiger partial charge >= 0.3 is 0 Å². The van der Waals surface area contributed by atoms with Gasteiger partial charge in [0.25, 0.3) is 0 Å². The molecule has 4 unspecified atom stereocenters. The summed E-state index contributed by atoms with van der Waals surface area (Å²) >= 11 is 6.33. The molecule has 5 nitrogen and oxygen atoms in total. The van der Waals surface area contributed by atoms with E-state index >= 15 is 0 Å². The van der Waals surface area contributed by atoms with E-state index < -0.39 is 18.3 Å². The third kappa shape index (κ3) is 4.81. The molecule has 146 valence electrons. The number of rotatable bonds is 6. The summed E-state index contributed by atoms with van der Waals surface area (Å²) in [6, 6.07) is 12.6. The van der Waals surface area contributed by atoms with Gasteiger partial charge in [-0.15, -0.1) is 0 Å². The monoisotopic (exact) mass is 392 g/mol. The van der Waals surface area contributed by atoms with Gasteiger partial charge in [0.2, 0.25) is 0 Å². The van der Waals surface area contributed by atoms with Crippen molar-refractivity contribution in [3.05, 3.63) is 64.2 Å². The molecule has 3 rings (SSSR count). The lowest BCUT2D eigenvalue weighted by Gasteiger charge is -2.33. The normalized spacial score (nSPS) is 23.8. The van der Waals surface area contributed by atoms with Crippen molar-refractivity contribution in [2.24, 2.45) is 0 Å². The third-order valence-corrected chi connectivity index (χ3v) is 5.12. The van der Waals surface area contributed by atoms with E-state index in [0.29, 0.717) is 35.6 Å². The summed E-state index contributed by atoms with van der Waals surface area (Å²) in [6.45, 7) is 2.36. The highest BCUT2D eigenvalue weighted by molar-refractivity contribution is 6.31. The molecule has 1 saturated heterocycles. The van der Waals surface area contributed by atoms with Crippen LogP contribution in [0.25, 0.3) is 0 Å². The summed E-state index contributed by atoms with van der Waals surface area (Å²) in [7, 11) is 0. The largest absolute Gasteiger partial charge is 0.494 e. The first-order chi connectivity index (χ1) is 13.0. The minimum atomic E-state index is -0.893. The summed E-state index contributed by atoms with van der Waals surface area (Å²) in [5, 5.41) is 30.7. The number of hydrogen-bond acceptors (Lipinski definition) is 5. The van der Waals surface area contributed by atoms with Crippen molar-refractivity contribution in [2.45, 2.75) is 44.2 Å². The van der Waals surface area contributed by atoms with Crippen molar-refractivity contribution >= 4 is 11.6 Å². The summed E-state index contributed by atoms with van der Waals surface area (Å²) in [5.41, 5.74) is 2.09. The Bertz CT molecular complexity index is 749. The Hall–Kier alpha value is -1.63. The van der Waals surface area contributed by atoms with Crippen LogP contribution in [-0.4, -0.2) is 40.7 Å². The number of benzene rings is 2. The molecule has 27 heavy (non-hydrogen) atoms. The lowest BCUT2D eigenvalue weighted by molar-refractivity contribution is -0.113. The molecule has 0 aromatic heterocycles. The van der Waals surface area contributed by atoms with Crippen LogP contribution < -0.4 is 4.74 Å². The maximum absolute atomic E-state index is 10.8. The molecule has 0 bridgehead atoms. The topological polar surface area (TPSA) is 79.2 Å². The fourth-order valence-electron chi connectivity index (χ4n) is 3.39. The van der Waals surface area contributed by atoms with Crippen molar-refractivity contribution in [3.8, 4) is 5.75 Å². The van der Waals surface area contributed by atoms with E-state index in [1.807, 2.05) is 25.1 Å². The second kappa shape index (κ2) is 9.04. The highest BCUT2D eigenvalue weighted by atomic mass is 35.5. The molecule has 0 aliphatic carbocycles. The molecule has 0 amide bonds. The van der Waals surface area contributed by atoms with E-state index in [1.54, 1.807) is 24.3 Å². The Morgan fingerprint density at radius 1 is 1.19 bits per heavy atom. The van der Waals surface area contributed by atoms with Gasteiger partial charge < -0.3 is 24.8 Å². The summed E-state index contributed by atoms with van der Waals surface area (Å²) < 4.78 is 11.3. The number of hydrogen-bond donors (Lipinski definition) is 3. The number of halogens is 1. The molecule has 1 aliphatic rings. The third-order valence-electron chi connectivity index (χ3n) is 4.77. The molecule has 3 N–H and O–H groups in total. The Labute approximate surface area is 164 Å². The molecule has 2 aromatic rings. The van der Waals surface area contributed by atoms with Gasteiger partial charge in [-0.1, -0.05) is 29.8 Å². The zero-order chi connectivity index (χ0) is 19.4. The summed E-state index contributed by atoms with van der Waals surface area (Å²) in [6.07, 6.45) is -1.31. The van der Waals surface area contributed by atoms with Gasteiger partial charge in [-0.2, -0.15) is 0 Å². The molecular weight excluding hydrogens is 368 g/mol. The second-order valence-corrected chi connectivity index (χ2v) is 7.15. The first-order valence-electron chi connectivity index (χ1n) is 9.16. The quantitative estimate of drug-likeness (QED) is 0.702. The molecule has 0 spiro atoms. The van der Waals surface area contributed by atoms with Crippen LogP contribution in [0, 0.1) is 0 Å². The van der Waals surface area contributed by atoms with Crippen molar-refractivity contribution in [3.63, 3.8) is 0 Å². The Morgan fingerprint density at radius 3 is 2.59 bits per heavy atom. The van der Waals surface area contributed by atoms with E-state index in [0.717, 1.165) is 11.3 Å². The van der Waals surface area contributed by atoms with Crippen LogP contribution in [0.1, 0.15) is 48.7 Å². The fraction of sp³-hybridized carbons (Fsp3) is 0.429. The smallest absolute Gasteiger partial charge is 0.119 e. The van der Waals surface area contributed by atoms with Gasteiger partial charge in [-0.25, -0.2) is 0 Å². The maximum atomic E-state index is 10.8. The predicted molar refractivity (Wildman–Crippen MR) is 103 cm³/mol. The Morgan fingerprint density at radius 2 is 1.93 bits per heavy atom. The van der Waals surface area contributed by atoms with Crippen molar-refractivity contribution in [1.29, 1.82) is 0 Å². The zero-order valence-electron chi connectivity index (χ0n) is 15.2. The Kier molecular flexibility index (Phi) is 6.73. The Balaban J connectivity index is 1.84.